The molecule has 7 nitrogen and oxygen atoms in total. The number of amides is 1. The third-order valence-corrected chi connectivity index (χ3v) is 3.93. The molecule has 0 saturated carbocycles. The second-order valence-corrected chi connectivity index (χ2v) is 6.04. The number of carbonyl (C=O) groups excluding carboxylic acids is 1. The minimum absolute atomic E-state index is 0.0724. The van der Waals surface area contributed by atoms with Gasteiger partial charge in [0.05, 0.1) is 11.1 Å². The van der Waals surface area contributed by atoms with Gasteiger partial charge in [-0.3, -0.25) is 4.79 Å². The van der Waals surface area contributed by atoms with Crippen LogP contribution in [-0.2, 0) is 0 Å². The number of aliphatic imine (C=N–C) groups is 1. The normalized spacial score (nSPS) is 21.2. The third kappa shape index (κ3) is 3.76. The van der Waals surface area contributed by atoms with E-state index >= 15 is 0 Å². The summed E-state index contributed by atoms with van der Waals surface area (Å²) in [7, 11) is 0. The highest BCUT2D eigenvalue weighted by molar-refractivity contribution is 8.18. The predicted octanol–water partition coefficient (Wildman–Crippen LogP) is 3.06. The summed E-state index contributed by atoms with van der Waals surface area (Å²) in [5.74, 6) is 0.486. The minimum atomic E-state index is -0.308. The van der Waals surface area contributed by atoms with Crippen molar-refractivity contribution in [1.29, 1.82) is 0 Å². The van der Waals surface area contributed by atoms with E-state index in [4.69, 9.17) is 5.73 Å². The molecular formula is C15H12N6OS2. The van der Waals surface area contributed by atoms with Crippen molar-refractivity contribution >= 4 is 40.2 Å². The van der Waals surface area contributed by atoms with Gasteiger partial charge in [-0.2, -0.15) is 10.1 Å². The molecule has 0 bridgehead atoms. The van der Waals surface area contributed by atoms with E-state index in [1.54, 1.807) is 4.90 Å². The van der Waals surface area contributed by atoms with Crippen LogP contribution in [-0.4, -0.2) is 21.1 Å². The quantitative estimate of drug-likeness (QED) is 0.554. The number of thiocarbonyl (C=S) groups is 1. The van der Waals surface area contributed by atoms with Crippen LogP contribution in [0.5, 0.6) is 0 Å². The number of nitrogens with two attached hydrogens (primary N) is 1. The maximum atomic E-state index is 11.6. The molecule has 3 aliphatic rings. The van der Waals surface area contributed by atoms with Crippen LogP contribution in [0.4, 0.5) is 4.79 Å². The van der Waals surface area contributed by atoms with Crippen molar-refractivity contribution in [2.24, 2.45) is 21.0 Å². The first-order valence-corrected chi connectivity index (χ1v) is 8.05. The van der Waals surface area contributed by atoms with Gasteiger partial charge in [-0.25, -0.2) is 0 Å². The van der Waals surface area contributed by atoms with Gasteiger partial charge in [0.25, 0.3) is 0 Å². The molecule has 0 atom stereocenters. The van der Waals surface area contributed by atoms with Gasteiger partial charge < -0.3 is 16.0 Å². The molecule has 0 fully saturated rings. The van der Waals surface area contributed by atoms with Crippen molar-refractivity contribution in [3.8, 4) is 0 Å². The van der Waals surface area contributed by atoms with Gasteiger partial charge in [-0.1, -0.05) is 0 Å². The van der Waals surface area contributed by atoms with Crippen molar-refractivity contribution < 1.29 is 4.79 Å². The fourth-order valence-corrected chi connectivity index (χ4v) is 2.76. The number of hydrogen-bond acceptors (Lipinski definition) is 6. The Balaban J connectivity index is 1.81. The first-order valence-electron chi connectivity index (χ1n) is 6.83. The number of amidine groups is 1. The summed E-state index contributed by atoms with van der Waals surface area (Å²) in [6, 6.07) is 0. The summed E-state index contributed by atoms with van der Waals surface area (Å²) in [4.78, 5) is 17.9. The topological polar surface area (TPSA) is 95.4 Å². The molecule has 0 saturated heterocycles. The average molecular weight is 356 g/mol. The summed E-state index contributed by atoms with van der Waals surface area (Å²) in [5, 5.41) is 9.92. The Morgan fingerprint density at radius 2 is 1.92 bits per heavy atom. The molecule has 3 aliphatic heterocycles. The van der Waals surface area contributed by atoms with E-state index in [0.29, 0.717) is 10.7 Å². The molecule has 120 valence electrons. The predicted molar refractivity (Wildman–Crippen MR) is 98.7 cm³/mol. The first kappa shape index (κ1) is 16.1. The van der Waals surface area contributed by atoms with E-state index in [9.17, 15) is 4.79 Å². The summed E-state index contributed by atoms with van der Waals surface area (Å²) in [6.45, 7) is 0. The summed E-state index contributed by atoms with van der Waals surface area (Å²) in [6.07, 6.45) is 16.7. The van der Waals surface area contributed by atoms with Crippen LogP contribution in [0.1, 0.15) is 0 Å². The fraction of sp³-hybridized carbons (Fsp3) is 0. The summed E-state index contributed by atoms with van der Waals surface area (Å²) < 4.78 is 0. The smallest absolute Gasteiger partial charge is 0.311 e. The zero-order chi connectivity index (χ0) is 16.9. The highest BCUT2D eigenvalue weighted by atomic mass is 32.2. The minimum Gasteiger partial charge on any atom is -0.373 e. The standard InChI is InChI=1S/C15H12N6OS2/c16-14(23)20-18-9-12-13(19-15(22)24-12)21-7-3-11(4-8-21)10-1-5-17-6-2-10/h1-9,17H,(H2,16,23). The number of thioether (sulfide) groups is 1. The number of carbonyl (C=O) groups is 1. The lowest BCUT2D eigenvalue weighted by Crippen LogP contribution is -2.20. The van der Waals surface area contributed by atoms with Crippen LogP contribution < -0.4 is 11.1 Å². The van der Waals surface area contributed by atoms with Gasteiger partial charge in [0.15, 0.2) is 5.84 Å². The van der Waals surface area contributed by atoms with Crippen molar-refractivity contribution in [3.05, 3.63) is 71.4 Å². The van der Waals surface area contributed by atoms with E-state index in [-0.39, 0.29) is 10.4 Å². The number of rotatable bonds is 1. The molecule has 1 amide bonds. The number of dihydropyridines is 1. The first-order chi connectivity index (χ1) is 11.6. The summed E-state index contributed by atoms with van der Waals surface area (Å²) in [5.41, 5.74) is 7.39. The molecule has 0 unspecified atom stereocenters. The average Bonchev–Trinajstić information content (AvgIpc) is 2.96. The molecule has 3 rings (SSSR count). The Morgan fingerprint density at radius 1 is 1.25 bits per heavy atom. The number of azo groups is 1. The van der Waals surface area contributed by atoms with E-state index in [0.717, 1.165) is 22.9 Å². The Hall–Kier alpha value is -2.78. The van der Waals surface area contributed by atoms with E-state index in [1.807, 2.05) is 49.1 Å². The van der Waals surface area contributed by atoms with Crippen LogP contribution in [0.15, 0.2) is 86.6 Å². The van der Waals surface area contributed by atoms with E-state index in [2.05, 4.69) is 32.8 Å². The molecule has 3 N–H and O–H groups in total. The Bertz CT molecular complexity index is 799. The molecule has 0 spiro atoms. The molecule has 24 heavy (non-hydrogen) atoms. The number of nitrogens with one attached hydrogen (secondary N) is 1. The Kier molecular flexibility index (Phi) is 4.82. The zero-order valence-corrected chi connectivity index (χ0v) is 13.9. The molecule has 3 heterocycles. The zero-order valence-electron chi connectivity index (χ0n) is 12.3. The molecule has 0 aliphatic carbocycles. The molecule has 9 heteroatoms. The van der Waals surface area contributed by atoms with E-state index < -0.39 is 0 Å². The van der Waals surface area contributed by atoms with Gasteiger partial charge >= 0.3 is 5.24 Å². The fourth-order valence-electron chi connectivity index (χ4n) is 2.05. The highest BCUT2D eigenvalue weighted by Crippen LogP contribution is 2.30. The lowest BCUT2D eigenvalue weighted by molar-refractivity contribution is 0.267. The number of allylic oxidation sites excluding steroid dienone is 6. The summed E-state index contributed by atoms with van der Waals surface area (Å²) >= 11 is 5.60. The Labute approximate surface area is 147 Å². The van der Waals surface area contributed by atoms with Crippen LogP contribution in [0.3, 0.4) is 0 Å². The highest BCUT2D eigenvalue weighted by Gasteiger charge is 2.25. The Morgan fingerprint density at radius 3 is 2.58 bits per heavy atom. The number of nitrogens with zero attached hydrogens (tertiary/aromatic N) is 4. The van der Waals surface area contributed by atoms with E-state index in [1.165, 1.54) is 6.20 Å². The van der Waals surface area contributed by atoms with Gasteiger partial charge in [0.1, 0.15) is 0 Å². The van der Waals surface area contributed by atoms with Gasteiger partial charge in [0, 0.05) is 24.8 Å². The molecule has 0 aromatic rings. The van der Waals surface area contributed by atoms with Crippen molar-refractivity contribution in [3.63, 3.8) is 0 Å². The van der Waals surface area contributed by atoms with Gasteiger partial charge in [-0.15, -0.1) is 5.11 Å². The monoisotopic (exact) mass is 356 g/mol. The van der Waals surface area contributed by atoms with Crippen LogP contribution >= 0.6 is 24.0 Å². The molecular weight excluding hydrogens is 344 g/mol. The number of hydrogen-bond donors (Lipinski definition) is 2. The largest absolute Gasteiger partial charge is 0.373 e. The molecule has 0 aromatic heterocycles. The van der Waals surface area contributed by atoms with Crippen molar-refractivity contribution in [2.45, 2.75) is 0 Å². The maximum Gasteiger partial charge on any atom is 0.311 e. The second-order valence-electron chi connectivity index (χ2n) is 4.63. The molecule has 0 aromatic carbocycles. The molecule has 0 radical (unpaired) electrons. The van der Waals surface area contributed by atoms with Crippen LogP contribution in [0, 0.1) is 0 Å². The lowest BCUT2D eigenvalue weighted by Gasteiger charge is -2.19. The van der Waals surface area contributed by atoms with Crippen LogP contribution in [0.25, 0.3) is 0 Å². The maximum absolute atomic E-state index is 11.6. The SMILES string of the molecule is NC(=S)N=NC=C1SC(=O)N=C1N1C=CC(=C2C=CNC=C2)C=C1. The van der Waals surface area contributed by atoms with Crippen molar-refractivity contribution in [2.75, 3.05) is 0 Å². The third-order valence-electron chi connectivity index (χ3n) is 3.07. The van der Waals surface area contributed by atoms with Crippen molar-refractivity contribution in [1.82, 2.24) is 10.2 Å². The van der Waals surface area contributed by atoms with Gasteiger partial charge in [-0.05, 0) is 59.4 Å². The lowest BCUT2D eigenvalue weighted by atomic mass is 10.1. The second kappa shape index (κ2) is 7.20. The van der Waals surface area contributed by atoms with Crippen LogP contribution in [0.2, 0.25) is 0 Å². The van der Waals surface area contributed by atoms with Gasteiger partial charge in [0.2, 0.25) is 5.11 Å².